The van der Waals surface area contributed by atoms with Gasteiger partial charge in [0.1, 0.15) is 6.54 Å². The van der Waals surface area contributed by atoms with Crippen molar-refractivity contribution in [2.75, 3.05) is 25.0 Å². The highest BCUT2D eigenvalue weighted by atomic mass is 16.2. The number of anilines is 1. The topological polar surface area (TPSA) is 85.4 Å². The zero-order valence-corrected chi connectivity index (χ0v) is 17.5. The van der Waals surface area contributed by atoms with Crippen molar-refractivity contribution in [2.24, 2.45) is 14.1 Å². The Morgan fingerprint density at radius 3 is 2.53 bits per heavy atom. The van der Waals surface area contributed by atoms with Gasteiger partial charge in [-0.3, -0.25) is 18.7 Å². The summed E-state index contributed by atoms with van der Waals surface area (Å²) in [4.78, 5) is 45.8. The molecule has 0 bridgehead atoms. The predicted molar refractivity (Wildman–Crippen MR) is 115 cm³/mol. The minimum absolute atomic E-state index is 0.0215. The second-order valence-electron chi connectivity index (χ2n) is 7.82. The Balaban J connectivity index is 1.57. The number of carbonyl (C=O) groups excluding carboxylic acids is 1. The van der Waals surface area contributed by atoms with Gasteiger partial charge < -0.3 is 14.4 Å². The molecule has 2 aromatic heterocycles. The highest BCUT2D eigenvalue weighted by Gasteiger charge is 2.20. The fourth-order valence-electron chi connectivity index (χ4n) is 4.04. The summed E-state index contributed by atoms with van der Waals surface area (Å²) in [5, 5.41) is 0. The van der Waals surface area contributed by atoms with Crippen LogP contribution in [-0.4, -0.2) is 49.6 Å². The van der Waals surface area contributed by atoms with Crippen molar-refractivity contribution in [3.05, 3.63) is 57.0 Å². The lowest BCUT2D eigenvalue weighted by Gasteiger charge is -2.24. The SMILES string of the molecule is CN(Cc1ccccc1N1CCCC1)C(=O)Cn1cnc2c1c(=O)n(C)c(=O)n2C. The van der Waals surface area contributed by atoms with Gasteiger partial charge in [-0.2, -0.15) is 0 Å². The lowest BCUT2D eigenvalue weighted by Crippen LogP contribution is -2.38. The Kier molecular flexibility index (Phi) is 5.19. The van der Waals surface area contributed by atoms with E-state index in [0.717, 1.165) is 23.2 Å². The first kappa shape index (κ1) is 19.9. The minimum atomic E-state index is -0.458. The largest absolute Gasteiger partial charge is 0.371 e. The molecule has 1 fully saturated rings. The van der Waals surface area contributed by atoms with Crippen LogP contribution in [0.25, 0.3) is 11.2 Å². The standard InChI is InChI=1S/C21H26N6O3/c1-23(12-15-8-4-5-9-16(15)26-10-6-7-11-26)17(28)13-27-14-22-19-18(27)20(29)25(3)21(30)24(19)2/h4-5,8-9,14H,6-7,10-13H2,1-3H3. The molecule has 0 saturated carbocycles. The van der Waals surface area contributed by atoms with Gasteiger partial charge in [0.2, 0.25) is 5.91 Å². The first-order chi connectivity index (χ1) is 14.4. The summed E-state index contributed by atoms with van der Waals surface area (Å²) in [6.45, 7) is 2.54. The number of nitrogens with zero attached hydrogens (tertiary/aromatic N) is 6. The number of benzene rings is 1. The summed E-state index contributed by atoms with van der Waals surface area (Å²) < 4.78 is 3.86. The molecule has 158 valence electrons. The monoisotopic (exact) mass is 410 g/mol. The van der Waals surface area contributed by atoms with Crippen LogP contribution in [0, 0.1) is 0 Å². The lowest BCUT2D eigenvalue weighted by molar-refractivity contribution is -0.131. The molecule has 1 aliphatic heterocycles. The molecule has 1 aliphatic rings. The molecule has 1 aromatic carbocycles. The maximum atomic E-state index is 12.9. The Bertz CT molecular complexity index is 1220. The molecule has 9 heteroatoms. The molecule has 3 aromatic rings. The molecule has 0 spiro atoms. The molecular formula is C21H26N6O3. The van der Waals surface area contributed by atoms with E-state index in [0.29, 0.717) is 6.54 Å². The zero-order chi connectivity index (χ0) is 21.4. The van der Waals surface area contributed by atoms with Gasteiger partial charge in [-0.15, -0.1) is 0 Å². The first-order valence-electron chi connectivity index (χ1n) is 10.1. The fourth-order valence-corrected chi connectivity index (χ4v) is 4.04. The third-order valence-electron chi connectivity index (χ3n) is 5.79. The maximum Gasteiger partial charge on any atom is 0.332 e. The first-order valence-corrected chi connectivity index (χ1v) is 10.1. The van der Waals surface area contributed by atoms with Crippen molar-refractivity contribution in [1.82, 2.24) is 23.6 Å². The fraction of sp³-hybridized carbons (Fsp3) is 0.429. The van der Waals surface area contributed by atoms with E-state index in [1.165, 1.54) is 41.0 Å². The third-order valence-corrected chi connectivity index (χ3v) is 5.79. The summed E-state index contributed by atoms with van der Waals surface area (Å²) in [6, 6.07) is 8.17. The summed E-state index contributed by atoms with van der Waals surface area (Å²) in [6.07, 6.45) is 3.82. The van der Waals surface area contributed by atoms with E-state index >= 15 is 0 Å². The van der Waals surface area contributed by atoms with Gasteiger partial charge in [0.25, 0.3) is 5.56 Å². The molecular weight excluding hydrogens is 384 g/mol. The summed E-state index contributed by atoms with van der Waals surface area (Å²) in [5.74, 6) is -0.138. The minimum Gasteiger partial charge on any atom is -0.371 e. The molecule has 1 amide bonds. The van der Waals surface area contributed by atoms with Crippen molar-refractivity contribution in [3.63, 3.8) is 0 Å². The number of fused-ring (bicyclic) bond motifs is 1. The summed E-state index contributed by atoms with van der Waals surface area (Å²) in [7, 11) is 4.74. The molecule has 30 heavy (non-hydrogen) atoms. The van der Waals surface area contributed by atoms with Crippen molar-refractivity contribution < 1.29 is 4.79 Å². The van der Waals surface area contributed by atoms with Crippen molar-refractivity contribution in [2.45, 2.75) is 25.9 Å². The van der Waals surface area contributed by atoms with Gasteiger partial charge in [-0.1, -0.05) is 18.2 Å². The van der Waals surface area contributed by atoms with E-state index in [1.54, 1.807) is 19.0 Å². The number of hydrogen-bond acceptors (Lipinski definition) is 5. The van der Waals surface area contributed by atoms with Crippen LogP contribution in [0.1, 0.15) is 18.4 Å². The number of para-hydroxylation sites is 1. The average molecular weight is 410 g/mol. The van der Waals surface area contributed by atoms with Crippen molar-refractivity contribution in [1.29, 1.82) is 0 Å². The Morgan fingerprint density at radius 2 is 1.80 bits per heavy atom. The van der Waals surface area contributed by atoms with Gasteiger partial charge in [-0.05, 0) is 24.5 Å². The number of carbonyl (C=O) groups is 1. The second kappa shape index (κ2) is 7.81. The molecule has 0 radical (unpaired) electrons. The Morgan fingerprint density at radius 1 is 1.10 bits per heavy atom. The number of imidazole rings is 1. The van der Waals surface area contributed by atoms with Gasteiger partial charge in [0.05, 0.1) is 6.33 Å². The zero-order valence-electron chi connectivity index (χ0n) is 17.5. The molecule has 0 aliphatic carbocycles. The van der Waals surface area contributed by atoms with E-state index in [4.69, 9.17) is 0 Å². The molecule has 0 atom stereocenters. The number of amides is 1. The number of aryl methyl sites for hydroxylation is 1. The van der Waals surface area contributed by atoms with Gasteiger partial charge in [0.15, 0.2) is 11.2 Å². The van der Waals surface area contributed by atoms with Crippen molar-refractivity contribution >= 4 is 22.8 Å². The number of likely N-dealkylation sites (N-methyl/N-ethyl adjacent to an activating group) is 1. The van der Waals surface area contributed by atoms with Crippen molar-refractivity contribution in [3.8, 4) is 0 Å². The lowest BCUT2D eigenvalue weighted by atomic mass is 10.1. The van der Waals surface area contributed by atoms with Crippen LogP contribution >= 0.6 is 0 Å². The van der Waals surface area contributed by atoms with Gasteiger partial charge in [0, 0.05) is 46.5 Å². The van der Waals surface area contributed by atoms with Gasteiger partial charge in [-0.25, -0.2) is 9.78 Å². The summed E-state index contributed by atoms with van der Waals surface area (Å²) in [5.41, 5.74) is 1.90. The Hall–Kier alpha value is -3.36. The molecule has 1 saturated heterocycles. The van der Waals surface area contributed by atoms with E-state index < -0.39 is 11.2 Å². The maximum absolute atomic E-state index is 12.9. The molecule has 3 heterocycles. The highest BCUT2D eigenvalue weighted by Crippen LogP contribution is 2.25. The normalized spacial score (nSPS) is 13.9. The van der Waals surface area contributed by atoms with Gasteiger partial charge >= 0.3 is 5.69 Å². The third kappa shape index (κ3) is 3.40. The van der Waals surface area contributed by atoms with E-state index in [1.807, 2.05) is 12.1 Å². The van der Waals surface area contributed by atoms with Crippen LogP contribution in [0.4, 0.5) is 5.69 Å². The van der Waals surface area contributed by atoms with E-state index in [9.17, 15) is 14.4 Å². The van der Waals surface area contributed by atoms with Crippen LogP contribution in [0.2, 0.25) is 0 Å². The smallest absolute Gasteiger partial charge is 0.332 e. The molecule has 0 N–H and O–H groups in total. The van der Waals surface area contributed by atoms with E-state index in [-0.39, 0.29) is 23.6 Å². The molecule has 9 nitrogen and oxygen atoms in total. The van der Waals surface area contributed by atoms with Crippen LogP contribution in [-0.2, 0) is 32.0 Å². The molecule has 0 unspecified atom stereocenters. The van der Waals surface area contributed by atoms with E-state index in [2.05, 4.69) is 22.0 Å². The Labute approximate surface area is 173 Å². The summed E-state index contributed by atoms with van der Waals surface area (Å²) >= 11 is 0. The van der Waals surface area contributed by atoms with Crippen LogP contribution in [0.15, 0.2) is 40.2 Å². The van der Waals surface area contributed by atoms with Crippen LogP contribution < -0.4 is 16.1 Å². The number of rotatable bonds is 5. The quantitative estimate of drug-likeness (QED) is 0.618. The van der Waals surface area contributed by atoms with Crippen LogP contribution in [0.3, 0.4) is 0 Å². The number of hydrogen-bond donors (Lipinski definition) is 0. The number of aromatic nitrogens is 4. The van der Waals surface area contributed by atoms with Crippen LogP contribution in [0.5, 0.6) is 0 Å². The second-order valence-corrected chi connectivity index (χ2v) is 7.82. The molecule has 4 rings (SSSR count). The predicted octanol–water partition coefficient (Wildman–Crippen LogP) is 0.693. The average Bonchev–Trinajstić information content (AvgIpc) is 3.41. The highest BCUT2D eigenvalue weighted by molar-refractivity contribution is 5.79.